The van der Waals surface area contributed by atoms with Crippen molar-refractivity contribution in [1.82, 2.24) is 4.90 Å². The highest BCUT2D eigenvalue weighted by Gasteiger charge is 2.16. The first-order chi connectivity index (χ1) is 9.24. The van der Waals surface area contributed by atoms with Gasteiger partial charge in [-0.3, -0.25) is 4.79 Å². The maximum Gasteiger partial charge on any atom is 0.231 e. The highest BCUT2D eigenvalue weighted by atomic mass is 16.7. The molecule has 0 saturated heterocycles. The Balaban J connectivity index is 2.06. The second kappa shape index (κ2) is 6.43. The number of benzene rings is 1. The normalized spacial score (nSPS) is 12.5. The fraction of sp³-hybridized carbons (Fsp3) is 0.500. The lowest BCUT2D eigenvalue weighted by Crippen LogP contribution is -2.32. The van der Waals surface area contributed by atoms with Gasteiger partial charge in [-0.1, -0.05) is 13.0 Å². The first-order valence-electron chi connectivity index (χ1n) is 6.61. The molecule has 1 aliphatic heterocycles. The fourth-order valence-corrected chi connectivity index (χ4v) is 2.10. The number of ether oxygens (including phenoxy) is 2. The summed E-state index contributed by atoms with van der Waals surface area (Å²) < 4.78 is 10.6. The predicted molar refractivity (Wildman–Crippen MR) is 71.9 cm³/mol. The first-order valence-corrected chi connectivity index (χ1v) is 6.61. The predicted octanol–water partition coefficient (Wildman–Crippen LogP) is 1.50. The van der Waals surface area contributed by atoms with Gasteiger partial charge in [-0.05, 0) is 24.1 Å². The van der Waals surface area contributed by atoms with E-state index >= 15 is 0 Å². The van der Waals surface area contributed by atoms with Gasteiger partial charge in [0.15, 0.2) is 11.5 Å². The Hall–Kier alpha value is -1.75. The monoisotopic (exact) mass is 264 g/mol. The molecule has 2 rings (SSSR count). The van der Waals surface area contributed by atoms with Crippen LogP contribution in [0.3, 0.4) is 0 Å². The Morgan fingerprint density at radius 2 is 2.16 bits per heavy atom. The van der Waals surface area contributed by atoms with Gasteiger partial charge in [-0.15, -0.1) is 0 Å². The van der Waals surface area contributed by atoms with Gasteiger partial charge < -0.3 is 20.1 Å². The summed E-state index contributed by atoms with van der Waals surface area (Å²) in [5, 5.41) is 0. The molecule has 0 saturated carbocycles. The van der Waals surface area contributed by atoms with Crippen LogP contribution < -0.4 is 15.2 Å². The molecule has 0 atom stereocenters. The molecule has 0 bridgehead atoms. The van der Waals surface area contributed by atoms with E-state index in [-0.39, 0.29) is 12.7 Å². The van der Waals surface area contributed by atoms with Crippen LogP contribution in [0.5, 0.6) is 11.5 Å². The van der Waals surface area contributed by atoms with Crippen LogP contribution in [0.1, 0.15) is 25.3 Å². The van der Waals surface area contributed by atoms with Gasteiger partial charge in [0.25, 0.3) is 0 Å². The smallest absolute Gasteiger partial charge is 0.231 e. The molecule has 1 amide bonds. The minimum Gasteiger partial charge on any atom is -0.454 e. The Morgan fingerprint density at radius 3 is 2.89 bits per heavy atom. The Labute approximate surface area is 113 Å². The van der Waals surface area contributed by atoms with E-state index in [1.807, 2.05) is 23.1 Å². The van der Waals surface area contributed by atoms with Crippen LogP contribution in [0.15, 0.2) is 18.2 Å². The molecular formula is C14H20N2O3. The van der Waals surface area contributed by atoms with Crippen molar-refractivity contribution in [2.24, 2.45) is 5.73 Å². The van der Waals surface area contributed by atoms with E-state index in [1.54, 1.807) is 0 Å². The van der Waals surface area contributed by atoms with Gasteiger partial charge in [0.2, 0.25) is 12.7 Å². The number of amides is 1. The third-order valence-electron chi connectivity index (χ3n) is 3.01. The fourth-order valence-electron chi connectivity index (χ4n) is 2.10. The Morgan fingerprint density at radius 1 is 1.37 bits per heavy atom. The van der Waals surface area contributed by atoms with Crippen molar-refractivity contribution < 1.29 is 14.3 Å². The van der Waals surface area contributed by atoms with E-state index in [2.05, 4.69) is 6.92 Å². The SMILES string of the molecule is CCCN(Cc1ccc2c(c1)OCO2)C(=O)CCN. The van der Waals surface area contributed by atoms with Gasteiger partial charge in [-0.2, -0.15) is 0 Å². The van der Waals surface area contributed by atoms with E-state index in [1.165, 1.54) is 0 Å². The van der Waals surface area contributed by atoms with Crippen molar-refractivity contribution in [2.45, 2.75) is 26.3 Å². The number of nitrogens with zero attached hydrogens (tertiary/aromatic N) is 1. The van der Waals surface area contributed by atoms with Crippen molar-refractivity contribution >= 4 is 5.91 Å². The van der Waals surface area contributed by atoms with Gasteiger partial charge in [0, 0.05) is 26.1 Å². The molecule has 104 valence electrons. The first kappa shape index (κ1) is 13.7. The molecule has 1 aromatic rings. The molecule has 2 N–H and O–H groups in total. The molecule has 0 aliphatic carbocycles. The minimum absolute atomic E-state index is 0.0991. The lowest BCUT2D eigenvalue weighted by Gasteiger charge is -2.22. The summed E-state index contributed by atoms with van der Waals surface area (Å²) in [4.78, 5) is 13.8. The van der Waals surface area contributed by atoms with Crippen molar-refractivity contribution in [2.75, 3.05) is 19.9 Å². The highest BCUT2D eigenvalue weighted by Crippen LogP contribution is 2.32. The summed E-state index contributed by atoms with van der Waals surface area (Å²) in [5.74, 6) is 1.61. The van der Waals surface area contributed by atoms with Crippen LogP contribution in [-0.4, -0.2) is 30.7 Å². The third kappa shape index (κ3) is 3.38. The van der Waals surface area contributed by atoms with Crippen LogP contribution in [0, 0.1) is 0 Å². The number of hydrogen-bond acceptors (Lipinski definition) is 4. The average Bonchev–Trinajstić information content (AvgIpc) is 2.86. The summed E-state index contributed by atoms with van der Waals surface area (Å²) in [6.07, 6.45) is 1.32. The number of carbonyl (C=O) groups is 1. The highest BCUT2D eigenvalue weighted by molar-refractivity contribution is 5.76. The average molecular weight is 264 g/mol. The Kier molecular flexibility index (Phi) is 4.63. The molecule has 1 heterocycles. The summed E-state index contributed by atoms with van der Waals surface area (Å²) in [6.45, 7) is 4.04. The van der Waals surface area contributed by atoms with Crippen LogP contribution in [0.4, 0.5) is 0 Å². The second-order valence-electron chi connectivity index (χ2n) is 4.54. The zero-order valence-electron chi connectivity index (χ0n) is 11.2. The molecule has 0 unspecified atom stereocenters. The van der Waals surface area contributed by atoms with E-state index in [4.69, 9.17) is 15.2 Å². The zero-order chi connectivity index (χ0) is 13.7. The molecule has 0 fully saturated rings. The number of fused-ring (bicyclic) bond motifs is 1. The van der Waals surface area contributed by atoms with E-state index < -0.39 is 0 Å². The molecule has 5 heteroatoms. The van der Waals surface area contributed by atoms with Crippen LogP contribution >= 0.6 is 0 Å². The standard InChI is InChI=1S/C14H20N2O3/c1-2-7-16(14(17)5-6-15)9-11-3-4-12-13(8-11)19-10-18-12/h3-4,8H,2,5-7,9-10,15H2,1H3. The molecule has 19 heavy (non-hydrogen) atoms. The topological polar surface area (TPSA) is 64.8 Å². The van der Waals surface area contributed by atoms with Crippen molar-refractivity contribution in [3.8, 4) is 11.5 Å². The molecule has 0 spiro atoms. The Bertz CT molecular complexity index is 448. The number of rotatable bonds is 6. The molecule has 0 radical (unpaired) electrons. The second-order valence-corrected chi connectivity index (χ2v) is 4.54. The maximum atomic E-state index is 12.0. The van der Waals surface area contributed by atoms with Crippen LogP contribution in [0.2, 0.25) is 0 Å². The summed E-state index contributed by atoms with van der Waals surface area (Å²) in [7, 11) is 0. The van der Waals surface area contributed by atoms with Gasteiger partial charge in [-0.25, -0.2) is 0 Å². The van der Waals surface area contributed by atoms with Gasteiger partial charge in [0.1, 0.15) is 0 Å². The lowest BCUT2D eigenvalue weighted by molar-refractivity contribution is -0.131. The largest absolute Gasteiger partial charge is 0.454 e. The zero-order valence-corrected chi connectivity index (χ0v) is 11.2. The summed E-state index contributed by atoms with van der Waals surface area (Å²) in [6, 6.07) is 5.78. The molecule has 5 nitrogen and oxygen atoms in total. The molecule has 1 aliphatic rings. The van der Waals surface area contributed by atoms with Crippen molar-refractivity contribution in [1.29, 1.82) is 0 Å². The van der Waals surface area contributed by atoms with Crippen LogP contribution in [-0.2, 0) is 11.3 Å². The van der Waals surface area contributed by atoms with E-state index in [9.17, 15) is 4.79 Å². The molecular weight excluding hydrogens is 244 g/mol. The summed E-state index contributed by atoms with van der Waals surface area (Å²) >= 11 is 0. The number of carbonyl (C=O) groups excluding carboxylic acids is 1. The lowest BCUT2D eigenvalue weighted by atomic mass is 10.1. The van der Waals surface area contributed by atoms with Crippen molar-refractivity contribution in [3.63, 3.8) is 0 Å². The van der Waals surface area contributed by atoms with E-state index in [0.29, 0.717) is 19.5 Å². The molecule has 1 aromatic carbocycles. The third-order valence-corrected chi connectivity index (χ3v) is 3.01. The van der Waals surface area contributed by atoms with E-state index in [0.717, 1.165) is 30.0 Å². The summed E-state index contributed by atoms with van der Waals surface area (Å²) in [5.41, 5.74) is 6.49. The number of hydrogen-bond donors (Lipinski definition) is 1. The maximum absolute atomic E-state index is 12.0. The van der Waals surface area contributed by atoms with Gasteiger partial charge >= 0.3 is 0 Å². The quantitative estimate of drug-likeness (QED) is 0.845. The van der Waals surface area contributed by atoms with Gasteiger partial charge in [0.05, 0.1) is 0 Å². The minimum atomic E-state index is 0.0991. The van der Waals surface area contributed by atoms with Crippen LogP contribution in [0.25, 0.3) is 0 Å². The molecule has 0 aromatic heterocycles. The number of nitrogens with two attached hydrogens (primary N) is 1. The van der Waals surface area contributed by atoms with Crippen molar-refractivity contribution in [3.05, 3.63) is 23.8 Å².